The van der Waals surface area contributed by atoms with Crippen molar-refractivity contribution in [1.29, 1.82) is 0 Å². The van der Waals surface area contributed by atoms with Crippen LogP contribution in [0, 0.1) is 0 Å². The minimum Gasteiger partial charge on any atom is -0.494 e. The summed E-state index contributed by atoms with van der Waals surface area (Å²) in [5.74, 6) is 1.93. The van der Waals surface area contributed by atoms with E-state index in [-0.39, 0.29) is 5.41 Å². The van der Waals surface area contributed by atoms with Crippen LogP contribution in [0.1, 0.15) is 18.7 Å². The first kappa shape index (κ1) is 9.66. The van der Waals surface area contributed by atoms with Gasteiger partial charge in [-0.3, -0.25) is 4.40 Å². The van der Waals surface area contributed by atoms with E-state index in [1.807, 2.05) is 24.5 Å². The number of imidazole rings is 1. The van der Waals surface area contributed by atoms with Crippen molar-refractivity contribution in [1.82, 2.24) is 9.38 Å². The Kier molecular flexibility index (Phi) is 1.94. The van der Waals surface area contributed by atoms with Crippen LogP contribution in [0.15, 0.2) is 24.5 Å². The molecular weight excluding hydrogens is 202 g/mol. The van der Waals surface area contributed by atoms with E-state index in [4.69, 9.17) is 10.5 Å². The highest BCUT2D eigenvalue weighted by Gasteiger charge is 2.46. The van der Waals surface area contributed by atoms with E-state index in [1.165, 1.54) is 0 Å². The molecule has 16 heavy (non-hydrogen) atoms. The SMILES string of the molecule is COc1cccn2c(C3(CN)CC3)ncc12. The predicted octanol–water partition coefficient (Wildman–Crippen LogP) is 1.33. The molecular formula is C12H15N3O. The average molecular weight is 217 g/mol. The third kappa shape index (κ3) is 1.16. The maximum Gasteiger partial charge on any atom is 0.144 e. The van der Waals surface area contributed by atoms with Gasteiger partial charge >= 0.3 is 0 Å². The van der Waals surface area contributed by atoms with E-state index in [2.05, 4.69) is 9.38 Å². The van der Waals surface area contributed by atoms with Crippen LogP contribution in [0.2, 0.25) is 0 Å². The Morgan fingerprint density at radius 1 is 1.56 bits per heavy atom. The lowest BCUT2D eigenvalue weighted by Crippen LogP contribution is -2.22. The van der Waals surface area contributed by atoms with Crippen LogP contribution in [0.3, 0.4) is 0 Å². The molecule has 0 radical (unpaired) electrons. The molecule has 0 amide bonds. The Morgan fingerprint density at radius 2 is 2.38 bits per heavy atom. The molecule has 3 rings (SSSR count). The van der Waals surface area contributed by atoms with Gasteiger partial charge in [0.1, 0.15) is 17.1 Å². The number of nitrogens with two attached hydrogens (primary N) is 1. The summed E-state index contributed by atoms with van der Waals surface area (Å²) >= 11 is 0. The smallest absolute Gasteiger partial charge is 0.144 e. The number of fused-ring (bicyclic) bond motifs is 1. The van der Waals surface area contributed by atoms with Crippen molar-refractivity contribution < 1.29 is 4.74 Å². The second kappa shape index (κ2) is 3.22. The van der Waals surface area contributed by atoms with Crippen LogP contribution >= 0.6 is 0 Å². The molecule has 0 aliphatic heterocycles. The summed E-state index contributed by atoms with van der Waals surface area (Å²) in [4.78, 5) is 4.51. The molecule has 84 valence electrons. The highest BCUT2D eigenvalue weighted by Crippen LogP contribution is 2.46. The van der Waals surface area contributed by atoms with Gasteiger partial charge in [0, 0.05) is 18.2 Å². The summed E-state index contributed by atoms with van der Waals surface area (Å²) in [5, 5.41) is 0. The highest BCUT2D eigenvalue weighted by molar-refractivity contribution is 5.60. The second-order valence-corrected chi connectivity index (χ2v) is 4.40. The molecule has 2 aromatic rings. The lowest BCUT2D eigenvalue weighted by Gasteiger charge is -2.11. The molecule has 0 aromatic carbocycles. The zero-order valence-corrected chi connectivity index (χ0v) is 9.31. The van der Waals surface area contributed by atoms with Crippen molar-refractivity contribution in [3.8, 4) is 5.75 Å². The molecule has 2 aromatic heterocycles. The van der Waals surface area contributed by atoms with Crippen LogP contribution < -0.4 is 10.5 Å². The summed E-state index contributed by atoms with van der Waals surface area (Å²) in [6.45, 7) is 0.670. The van der Waals surface area contributed by atoms with Gasteiger partial charge in [0.2, 0.25) is 0 Å². The van der Waals surface area contributed by atoms with Gasteiger partial charge in [0.25, 0.3) is 0 Å². The number of rotatable bonds is 3. The third-order valence-electron chi connectivity index (χ3n) is 3.47. The van der Waals surface area contributed by atoms with Gasteiger partial charge in [-0.25, -0.2) is 4.98 Å². The van der Waals surface area contributed by atoms with Gasteiger partial charge < -0.3 is 10.5 Å². The molecule has 1 fully saturated rings. The fraction of sp³-hybridized carbons (Fsp3) is 0.417. The van der Waals surface area contributed by atoms with Crippen LogP contribution in [0.4, 0.5) is 0 Å². The second-order valence-electron chi connectivity index (χ2n) is 4.40. The Labute approximate surface area is 94.0 Å². The molecule has 0 unspecified atom stereocenters. The first-order valence-corrected chi connectivity index (χ1v) is 5.51. The van der Waals surface area contributed by atoms with E-state index in [9.17, 15) is 0 Å². The van der Waals surface area contributed by atoms with Crippen molar-refractivity contribution in [3.05, 3.63) is 30.4 Å². The summed E-state index contributed by atoms with van der Waals surface area (Å²) in [6.07, 6.45) is 6.17. The lowest BCUT2D eigenvalue weighted by atomic mass is 10.1. The van der Waals surface area contributed by atoms with Crippen LogP contribution in [0.5, 0.6) is 5.75 Å². The predicted molar refractivity (Wildman–Crippen MR) is 61.7 cm³/mol. The molecule has 2 heterocycles. The van der Waals surface area contributed by atoms with Gasteiger partial charge in [-0.05, 0) is 25.0 Å². The standard InChI is InChI=1S/C12H15N3O/c1-16-10-3-2-6-15-9(10)7-14-11(15)12(8-13)4-5-12/h2-3,6-7H,4-5,8,13H2,1H3. The van der Waals surface area contributed by atoms with E-state index in [0.717, 1.165) is 29.9 Å². The maximum absolute atomic E-state index is 5.84. The van der Waals surface area contributed by atoms with E-state index in [0.29, 0.717) is 6.54 Å². The Morgan fingerprint density at radius 3 is 3.00 bits per heavy atom. The number of hydrogen-bond acceptors (Lipinski definition) is 3. The van der Waals surface area contributed by atoms with Gasteiger partial charge in [0.05, 0.1) is 13.3 Å². The number of nitrogens with zero attached hydrogens (tertiary/aromatic N) is 2. The largest absolute Gasteiger partial charge is 0.494 e. The number of hydrogen-bond donors (Lipinski definition) is 1. The zero-order chi connectivity index (χ0) is 11.2. The number of methoxy groups -OCH3 is 1. The Hall–Kier alpha value is -1.55. The Balaban J connectivity index is 2.21. The van der Waals surface area contributed by atoms with E-state index < -0.39 is 0 Å². The molecule has 0 bridgehead atoms. The van der Waals surface area contributed by atoms with Gasteiger partial charge in [-0.1, -0.05) is 0 Å². The van der Waals surface area contributed by atoms with Crippen LogP contribution in [-0.2, 0) is 5.41 Å². The van der Waals surface area contributed by atoms with Crippen LogP contribution in [0.25, 0.3) is 5.52 Å². The monoisotopic (exact) mass is 217 g/mol. The molecule has 0 spiro atoms. The number of pyridine rings is 1. The molecule has 4 heteroatoms. The molecule has 4 nitrogen and oxygen atoms in total. The number of aromatic nitrogens is 2. The third-order valence-corrected chi connectivity index (χ3v) is 3.47. The van der Waals surface area contributed by atoms with Crippen molar-refractivity contribution in [2.24, 2.45) is 5.73 Å². The van der Waals surface area contributed by atoms with E-state index in [1.54, 1.807) is 7.11 Å². The van der Waals surface area contributed by atoms with Gasteiger partial charge in [-0.15, -0.1) is 0 Å². The maximum atomic E-state index is 5.84. The minimum atomic E-state index is 0.110. The van der Waals surface area contributed by atoms with Crippen molar-refractivity contribution in [2.45, 2.75) is 18.3 Å². The van der Waals surface area contributed by atoms with Gasteiger partial charge in [0.15, 0.2) is 0 Å². The fourth-order valence-electron chi connectivity index (χ4n) is 2.23. The van der Waals surface area contributed by atoms with E-state index >= 15 is 0 Å². The quantitative estimate of drug-likeness (QED) is 0.844. The summed E-state index contributed by atoms with van der Waals surface area (Å²) in [6, 6.07) is 3.92. The first-order valence-electron chi connectivity index (χ1n) is 5.51. The normalized spacial score (nSPS) is 17.6. The molecule has 0 saturated heterocycles. The molecule has 1 aliphatic carbocycles. The molecule has 1 aliphatic rings. The molecule has 2 N–H and O–H groups in total. The van der Waals surface area contributed by atoms with Crippen molar-refractivity contribution in [2.75, 3.05) is 13.7 Å². The van der Waals surface area contributed by atoms with Crippen LogP contribution in [-0.4, -0.2) is 23.0 Å². The summed E-state index contributed by atoms with van der Waals surface area (Å²) < 4.78 is 7.41. The fourth-order valence-corrected chi connectivity index (χ4v) is 2.23. The molecule has 1 saturated carbocycles. The lowest BCUT2D eigenvalue weighted by molar-refractivity contribution is 0.417. The van der Waals surface area contributed by atoms with Crippen molar-refractivity contribution >= 4 is 5.52 Å². The minimum absolute atomic E-state index is 0.110. The first-order chi connectivity index (χ1) is 7.80. The molecule has 0 atom stereocenters. The topological polar surface area (TPSA) is 52.5 Å². The highest BCUT2D eigenvalue weighted by atomic mass is 16.5. The van der Waals surface area contributed by atoms with Gasteiger partial charge in [-0.2, -0.15) is 0 Å². The number of ether oxygens (including phenoxy) is 1. The Bertz CT molecular complexity index is 528. The zero-order valence-electron chi connectivity index (χ0n) is 9.31. The summed E-state index contributed by atoms with van der Waals surface area (Å²) in [7, 11) is 1.68. The van der Waals surface area contributed by atoms with Crippen molar-refractivity contribution in [3.63, 3.8) is 0 Å². The summed E-state index contributed by atoms with van der Waals surface area (Å²) in [5.41, 5.74) is 6.96. The average Bonchev–Trinajstić information content (AvgIpc) is 3.01.